The van der Waals surface area contributed by atoms with Gasteiger partial charge in [0, 0.05) is 23.0 Å². The minimum Gasteiger partial charge on any atom is -0.362 e. The predicted molar refractivity (Wildman–Crippen MR) is 84.3 cm³/mol. The van der Waals surface area contributed by atoms with E-state index >= 15 is 0 Å². The van der Waals surface area contributed by atoms with E-state index in [0.29, 0.717) is 6.42 Å². The lowest BCUT2D eigenvalue weighted by molar-refractivity contribution is -0.115. The molecule has 0 aliphatic heterocycles. The van der Waals surface area contributed by atoms with Crippen molar-refractivity contribution in [1.29, 1.82) is 0 Å². The van der Waals surface area contributed by atoms with Crippen LogP contribution in [0.1, 0.15) is 17.0 Å². The van der Waals surface area contributed by atoms with Gasteiger partial charge in [0.1, 0.15) is 0 Å². The summed E-state index contributed by atoms with van der Waals surface area (Å²) in [6.07, 6.45) is 2.09. The molecule has 2 heterocycles. The molecule has 0 spiro atoms. The lowest BCUT2D eigenvalue weighted by Gasteiger charge is -2.07. The molecule has 0 aliphatic carbocycles. The van der Waals surface area contributed by atoms with E-state index < -0.39 is 0 Å². The van der Waals surface area contributed by atoms with Gasteiger partial charge in [-0.2, -0.15) is 0 Å². The number of amides is 1. The highest BCUT2D eigenvalue weighted by atomic mass is 16.1. The smallest absolute Gasteiger partial charge is 0.228 e. The van der Waals surface area contributed by atoms with Gasteiger partial charge in [-0.3, -0.25) is 9.78 Å². The van der Waals surface area contributed by atoms with Gasteiger partial charge in [-0.25, -0.2) is 0 Å². The number of anilines is 1. The number of pyridine rings is 1. The lowest BCUT2D eigenvalue weighted by atomic mass is 10.1. The Bertz CT molecular complexity index is 799. The summed E-state index contributed by atoms with van der Waals surface area (Å²) in [6.45, 7) is 3.97. The number of benzene rings is 1. The van der Waals surface area contributed by atoms with Gasteiger partial charge < -0.3 is 10.3 Å². The van der Waals surface area contributed by atoms with Crippen molar-refractivity contribution in [2.75, 3.05) is 5.32 Å². The molecular formula is C17H17N3O. The molecule has 4 heteroatoms. The van der Waals surface area contributed by atoms with Crippen LogP contribution in [-0.4, -0.2) is 15.9 Å². The number of carbonyl (C=O) groups excluding carboxylic acids is 1. The summed E-state index contributed by atoms with van der Waals surface area (Å²) in [6, 6.07) is 11.7. The molecule has 0 unspecified atom stereocenters. The van der Waals surface area contributed by atoms with Crippen LogP contribution in [0.2, 0.25) is 0 Å². The zero-order valence-electron chi connectivity index (χ0n) is 12.1. The van der Waals surface area contributed by atoms with Crippen LogP contribution in [0.4, 0.5) is 5.69 Å². The number of para-hydroxylation sites is 1. The standard InChI is InChI=1S/C17H17N3O/c1-11-9-14(12(2)19-11)10-16(21)20-15-7-3-5-13-6-4-8-18-17(13)15/h3-9,19H,10H2,1-2H3,(H,20,21). The van der Waals surface area contributed by atoms with E-state index in [1.165, 1.54) is 0 Å². The van der Waals surface area contributed by atoms with Crippen molar-refractivity contribution >= 4 is 22.5 Å². The van der Waals surface area contributed by atoms with E-state index in [1.807, 2.05) is 50.2 Å². The van der Waals surface area contributed by atoms with Gasteiger partial charge in [-0.1, -0.05) is 18.2 Å². The Morgan fingerprint density at radius 3 is 2.81 bits per heavy atom. The molecule has 2 aromatic heterocycles. The predicted octanol–water partition coefficient (Wildman–Crippen LogP) is 3.36. The average molecular weight is 279 g/mol. The van der Waals surface area contributed by atoms with Gasteiger partial charge in [0.15, 0.2) is 0 Å². The highest BCUT2D eigenvalue weighted by molar-refractivity contribution is 6.00. The van der Waals surface area contributed by atoms with Gasteiger partial charge >= 0.3 is 0 Å². The summed E-state index contributed by atoms with van der Waals surface area (Å²) in [4.78, 5) is 19.8. The fraction of sp³-hybridized carbons (Fsp3) is 0.176. The monoisotopic (exact) mass is 279 g/mol. The molecule has 2 N–H and O–H groups in total. The van der Waals surface area contributed by atoms with Crippen molar-refractivity contribution in [3.8, 4) is 0 Å². The molecule has 3 aromatic rings. The van der Waals surface area contributed by atoms with Gasteiger partial charge in [0.25, 0.3) is 0 Å². The molecule has 3 rings (SSSR count). The van der Waals surface area contributed by atoms with Crippen LogP contribution in [-0.2, 0) is 11.2 Å². The molecular weight excluding hydrogens is 262 g/mol. The number of hydrogen-bond donors (Lipinski definition) is 2. The maximum atomic E-state index is 12.2. The summed E-state index contributed by atoms with van der Waals surface area (Å²) in [7, 11) is 0. The number of H-pyrrole nitrogens is 1. The quantitative estimate of drug-likeness (QED) is 0.772. The zero-order valence-corrected chi connectivity index (χ0v) is 12.1. The Morgan fingerprint density at radius 2 is 2.05 bits per heavy atom. The Balaban J connectivity index is 1.82. The van der Waals surface area contributed by atoms with Crippen LogP contribution in [0.15, 0.2) is 42.6 Å². The number of nitrogens with one attached hydrogen (secondary N) is 2. The van der Waals surface area contributed by atoms with E-state index in [1.54, 1.807) is 6.20 Å². The van der Waals surface area contributed by atoms with Crippen LogP contribution in [0.3, 0.4) is 0 Å². The highest BCUT2D eigenvalue weighted by Gasteiger charge is 2.10. The van der Waals surface area contributed by atoms with E-state index in [4.69, 9.17) is 0 Å². The summed E-state index contributed by atoms with van der Waals surface area (Å²) in [5.74, 6) is -0.0322. The van der Waals surface area contributed by atoms with Crippen molar-refractivity contribution < 1.29 is 4.79 Å². The SMILES string of the molecule is Cc1cc(CC(=O)Nc2cccc3cccnc23)c(C)[nH]1. The number of aromatic amines is 1. The molecule has 0 atom stereocenters. The molecule has 4 nitrogen and oxygen atoms in total. The Kier molecular flexibility index (Phi) is 3.44. The van der Waals surface area contributed by atoms with Crippen molar-refractivity contribution in [1.82, 2.24) is 9.97 Å². The minimum absolute atomic E-state index is 0.0322. The third-order valence-electron chi connectivity index (χ3n) is 3.51. The van der Waals surface area contributed by atoms with Gasteiger partial charge in [-0.15, -0.1) is 0 Å². The molecule has 0 aliphatic rings. The minimum atomic E-state index is -0.0322. The number of aromatic nitrogens is 2. The van der Waals surface area contributed by atoms with Crippen molar-refractivity contribution in [2.24, 2.45) is 0 Å². The Morgan fingerprint density at radius 1 is 1.24 bits per heavy atom. The molecule has 0 saturated heterocycles. The third-order valence-corrected chi connectivity index (χ3v) is 3.51. The Labute approximate surface area is 123 Å². The molecule has 0 fully saturated rings. The molecule has 21 heavy (non-hydrogen) atoms. The van der Waals surface area contributed by atoms with E-state index in [2.05, 4.69) is 15.3 Å². The molecule has 106 valence electrons. The van der Waals surface area contributed by atoms with Crippen LogP contribution < -0.4 is 5.32 Å². The lowest BCUT2D eigenvalue weighted by Crippen LogP contribution is -2.15. The van der Waals surface area contributed by atoms with E-state index in [0.717, 1.165) is 33.5 Å². The molecule has 0 radical (unpaired) electrons. The van der Waals surface area contributed by atoms with E-state index in [-0.39, 0.29) is 5.91 Å². The number of carbonyl (C=O) groups is 1. The van der Waals surface area contributed by atoms with Crippen LogP contribution in [0.25, 0.3) is 10.9 Å². The third kappa shape index (κ3) is 2.79. The second-order valence-electron chi connectivity index (χ2n) is 5.21. The largest absolute Gasteiger partial charge is 0.362 e. The number of fused-ring (bicyclic) bond motifs is 1. The fourth-order valence-electron chi connectivity index (χ4n) is 2.54. The number of nitrogens with zero attached hydrogens (tertiary/aromatic N) is 1. The first-order valence-corrected chi connectivity index (χ1v) is 6.92. The molecule has 1 amide bonds. The van der Waals surface area contributed by atoms with Crippen molar-refractivity contribution in [3.63, 3.8) is 0 Å². The first-order valence-electron chi connectivity index (χ1n) is 6.92. The summed E-state index contributed by atoms with van der Waals surface area (Å²) in [5, 5.41) is 3.97. The first-order chi connectivity index (χ1) is 10.1. The maximum Gasteiger partial charge on any atom is 0.228 e. The zero-order chi connectivity index (χ0) is 14.8. The first kappa shape index (κ1) is 13.4. The number of hydrogen-bond acceptors (Lipinski definition) is 2. The molecule has 0 saturated carbocycles. The van der Waals surface area contributed by atoms with Gasteiger partial charge in [-0.05, 0) is 37.6 Å². The van der Waals surface area contributed by atoms with E-state index in [9.17, 15) is 4.79 Å². The highest BCUT2D eigenvalue weighted by Crippen LogP contribution is 2.21. The fourth-order valence-corrected chi connectivity index (χ4v) is 2.54. The van der Waals surface area contributed by atoms with Crippen LogP contribution >= 0.6 is 0 Å². The maximum absolute atomic E-state index is 12.2. The summed E-state index contributed by atoms with van der Waals surface area (Å²) >= 11 is 0. The van der Waals surface area contributed by atoms with Crippen LogP contribution in [0.5, 0.6) is 0 Å². The van der Waals surface area contributed by atoms with Gasteiger partial charge in [0.2, 0.25) is 5.91 Å². The second kappa shape index (κ2) is 5.40. The Hall–Kier alpha value is -2.62. The van der Waals surface area contributed by atoms with Crippen molar-refractivity contribution in [2.45, 2.75) is 20.3 Å². The topological polar surface area (TPSA) is 57.8 Å². The summed E-state index contributed by atoms with van der Waals surface area (Å²) in [5.41, 5.74) is 4.71. The number of aryl methyl sites for hydroxylation is 2. The molecule has 1 aromatic carbocycles. The second-order valence-corrected chi connectivity index (χ2v) is 5.21. The summed E-state index contributed by atoms with van der Waals surface area (Å²) < 4.78 is 0. The number of rotatable bonds is 3. The normalized spacial score (nSPS) is 10.8. The molecule has 0 bridgehead atoms. The van der Waals surface area contributed by atoms with Crippen molar-refractivity contribution in [3.05, 3.63) is 59.5 Å². The van der Waals surface area contributed by atoms with Gasteiger partial charge in [0.05, 0.1) is 17.6 Å². The van der Waals surface area contributed by atoms with Crippen LogP contribution in [0, 0.1) is 13.8 Å². The average Bonchev–Trinajstić information content (AvgIpc) is 2.77.